The minimum absolute atomic E-state index is 0.0227. The largest absolute Gasteiger partial charge is 0.508 e. The van der Waals surface area contributed by atoms with Crippen molar-refractivity contribution < 1.29 is 24.3 Å². The molecule has 14 nitrogen and oxygen atoms in total. The lowest BCUT2D eigenvalue weighted by molar-refractivity contribution is -0.189. The molecule has 5 amide bonds. The third-order valence-electron chi connectivity index (χ3n) is 8.33. The first-order valence-electron chi connectivity index (χ1n) is 15.2. The Morgan fingerprint density at radius 2 is 1.79 bits per heavy atom. The Morgan fingerprint density at radius 3 is 2.51 bits per heavy atom. The predicted molar refractivity (Wildman–Crippen MR) is 171 cm³/mol. The van der Waals surface area contributed by atoms with E-state index in [0.717, 1.165) is 11.1 Å². The van der Waals surface area contributed by atoms with Crippen LogP contribution in [-0.4, -0.2) is 95.5 Å². The van der Waals surface area contributed by atoms with Crippen LogP contribution in [0.2, 0.25) is 0 Å². The summed E-state index contributed by atoms with van der Waals surface area (Å²) in [6.45, 7) is 4.18. The van der Waals surface area contributed by atoms with Crippen LogP contribution in [0, 0.1) is 0 Å². The van der Waals surface area contributed by atoms with Crippen LogP contribution in [0.5, 0.6) is 5.75 Å². The van der Waals surface area contributed by atoms with Gasteiger partial charge in [0.15, 0.2) is 0 Å². The van der Waals surface area contributed by atoms with Gasteiger partial charge in [0.05, 0.1) is 18.6 Å². The molecule has 0 bridgehead atoms. The molecule has 0 saturated carbocycles. The van der Waals surface area contributed by atoms with Crippen molar-refractivity contribution in [3.8, 4) is 5.75 Å². The van der Waals surface area contributed by atoms with Crippen LogP contribution in [0.3, 0.4) is 0 Å². The topological polar surface area (TPSA) is 170 Å². The van der Waals surface area contributed by atoms with Gasteiger partial charge in [-0.1, -0.05) is 65.9 Å². The fourth-order valence-electron chi connectivity index (χ4n) is 6.20. The predicted octanol–water partition coefficient (Wildman–Crippen LogP) is 1.36. The maximum atomic E-state index is 14.3. The zero-order valence-electron chi connectivity index (χ0n) is 25.6. The quantitative estimate of drug-likeness (QED) is 0.219. The number of amides is 5. The summed E-state index contributed by atoms with van der Waals surface area (Å²) in [5, 5.41) is 24.3. The van der Waals surface area contributed by atoms with Gasteiger partial charge in [0.2, 0.25) is 17.7 Å². The van der Waals surface area contributed by atoms with Gasteiger partial charge < -0.3 is 26.0 Å². The van der Waals surface area contributed by atoms with Crippen molar-refractivity contribution in [1.82, 2.24) is 40.1 Å². The number of aromatic hydroxyl groups is 1. The van der Waals surface area contributed by atoms with E-state index in [-0.39, 0.29) is 63.3 Å². The smallest absolute Gasteiger partial charge is 0.334 e. The van der Waals surface area contributed by atoms with Crippen molar-refractivity contribution in [1.29, 1.82) is 0 Å². The second-order valence-corrected chi connectivity index (χ2v) is 11.5. The van der Waals surface area contributed by atoms with Gasteiger partial charge in [-0.15, -0.1) is 11.7 Å². The number of piperazine rings is 1. The zero-order chi connectivity index (χ0) is 33.1. The molecule has 6 rings (SSSR count). The second kappa shape index (κ2) is 13.3. The lowest BCUT2D eigenvalue weighted by atomic mass is 9.98. The van der Waals surface area contributed by atoms with Gasteiger partial charge in [-0.3, -0.25) is 14.4 Å². The van der Waals surface area contributed by atoms with Gasteiger partial charge in [-0.05, 0) is 29.3 Å². The van der Waals surface area contributed by atoms with E-state index >= 15 is 0 Å². The van der Waals surface area contributed by atoms with Crippen molar-refractivity contribution >= 4 is 34.8 Å². The number of phenolic OH excluding ortho intramolecular Hbond substituents is 1. The maximum absolute atomic E-state index is 14.3. The minimum atomic E-state index is -0.939. The molecule has 3 heterocycles. The molecule has 2 atom stereocenters. The number of rotatable bonds is 10. The Kier molecular flexibility index (Phi) is 8.84. The number of nitrogens with two attached hydrogens (primary N) is 1. The van der Waals surface area contributed by atoms with Crippen LogP contribution >= 0.6 is 0 Å². The summed E-state index contributed by atoms with van der Waals surface area (Å²) < 4.78 is 1.40. The lowest BCUT2D eigenvalue weighted by Crippen LogP contribution is -2.76. The summed E-state index contributed by atoms with van der Waals surface area (Å²) >= 11 is 0. The number of hydrazine groups is 1. The van der Waals surface area contributed by atoms with E-state index in [1.807, 2.05) is 36.4 Å². The normalized spacial score (nSPS) is 18.3. The number of urea groups is 1. The molecule has 14 heteroatoms. The third-order valence-corrected chi connectivity index (χ3v) is 8.33. The molecule has 0 spiro atoms. The number of carbonyl (C=O) groups is 4. The highest BCUT2D eigenvalue weighted by Gasteiger charge is 2.51. The first kappa shape index (κ1) is 31.2. The molecule has 2 aliphatic rings. The van der Waals surface area contributed by atoms with Crippen LogP contribution in [-0.2, 0) is 40.4 Å². The average molecular weight is 638 g/mol. The molecule has 2 aliphatic heterocycles. The zero-order valence-corrected chi connectivity index (χ0v) is 25.6. The number of nitrogens with one attached hydrogen (secondary N) is 1. The van der Waals surface area contributed by atoms with E-state index in [1.165, 1.54) is 26.7 Å². The summed E-state index contributed by atoms with van der Waals surface area (Å²) in [5.74, 6) is -1.08. The Labute approximate surface area is 270 Å². The minimum Gasteiger partial charge on any atom is -0.508 e. The van der Waals surface area contributed by atoms with E-state index in [2.05, 4.69) is 22.2 Å². The molecule has 47 heavy (non-hydrogen) atoms. The number of nitrogens with zero attached hydrogens (tertiary/aromatic N) is 7. The number of fused-ring (bicyclic) bond motifs is 2. The molecular weight excluding hydrogens is 602 g/mol. The van der Waals surface area contributed by atoms with Gasteiger partial charge in [0.1, 0.15) is 30.0 Å². The summed E-state index contributed by atoms with van der Waals surface area (Å²) in [6, 6.07) is 20.0. The summed E-state index contributed by atoms with van der Waals surface area (Å²) in [7, 11) is 0. The highest BCUT2D eigenvalue weighted by Crippen LogP contribution is 2.30. The number of benzene rings is 3. The van der Waals surface area contributed by atoms with Gasteiger partial charge in [0.25, 0.3) is 0 Å². The van der Waals surface area contributed by atoms with E-state index in [1.54, 1.807) is 40.3 Å². The van der Waals surface area contributed by atoms with Gasteiger partial charge in [0, 0.05) is 31.6 Å². The molecule has 1 aromatic heterocycles. The van der Waals surface area contributed by atoms with Gasteiger partial charge in [-0.25, -0.2) is 19.5 Å². The first-order chi connectivity index (χ1) is 22.7. The van der Waals surface area contributed by atoms with E-state index in [4.69, 9.17) is 5.73 Å². The SMILES string of the molecule is C=CCN1CC(=O)N2[C@@H](Cc3ccc(O)cc3)C(=O)N(Cc3cccc4c3nnn4CC(N)=O)C[C@@H]2N1C(=O)NCc1ccccc1. The molecule has 0 unspecified atom stereocenters. The van der Waals surface area contributed by atoms with Crippen molar-refractivity contribution in [2.75, 3.05) is 19.6 Å². The van der Waals surface area contributed by atoms with Gasteiger partial charge in [-0.2, -0.15) is 0 Å². The van der Waals surface area contributed by atoms with Crippen LogP contribution in [0.4, 0.5) is 4.79 Å². The standard InChI is InChI=1S/C33H35N9O5/c1-2-15-39-21-30(45)41-27(16-22-11-13-25(43)14-12-22)32(46)38(18-24-9-6-10-26-31(24)36-37-40(26)19-28(34)44)20-29(41)42(39)33(47)35-17-23-7-4-3-5-8-23/h2-14,27,29,43H,1,15-21H2,(H2,34,44)(H,35,47)/t27-,29-/m0/s1. The number of hydrogen-bond donors (Lipinski definition) is 3. The second-order valence-electron chi connectivity index (χ2n) is 11.5. The average Bonchev–Trinajstić information content (AvgIpc) is 3.46. The van der Waals surface area contributed by atoms with Gasteiger partial charge >= 0.3 is 6.03 Å². The fourth-order valence-corrected chi connectivity index (χ4v) is 6.20. The third kappa shape index (κ3) is 6.49. The van der Waals surface area contributed by atoms with Crippen molar-refractivity contribution in [2.45, 2.75) is 38.3 Å². The molecular formula is C33H35N9O5. The summed E-state index contributed by atoms with van der Waals surface area (Å²) in [6.07, 6.45) is 0.949. The fraction of sp³-hybridized carbons (Fsp3) is 0.273. The molecule has 4 N–H and O–H groups in total. The molecule has 2 fully saturated rings. The van der Waals surface area contributed by atoms with Crippen molar-refractivity contribution in [2.24, 2.45) is 5.73 Å². The monoisotopic (exact) mass is 637 g/mol. The maximum Gasteiger partial charge on any atom is 0.334 e. The van der Waals surface area contributed by atoms with Crippen LogP contribution in [0.25, 0.3) is 11.0 Å². The number of aromatic nitrogens is 3. The van der Waals surface area contributed by atoms with E-state index in [0.29, 0.717) is 16.6 Å². The highest BCUT2D eigenvalue weighted by molar-refractivity contribution is 5.92. The molecule has 242 valence electrons. The Bertz CT molecular complexity index is 1810. The Morgan fingerprint density at radius 1 is 1.02 bits per heavy atom. The lowest BCUT2D eigenvalue weighted by Gasteiger charge is -2.55. The van der Waals surface area contributed by atoms with E-state index < -0.39 is 24.1 Å². The van der Waals surface area contributed by atoms with Crippen LogP contribution < -0.4 is 11.1 Å². The molecule has 4 aromatic rings. The molecule has 0 radical (unpaired) electrons. The molecule has 2 saturated heterocycles. The summed E-state index contributed by atoms with van der Waals surface area (Å²) in [5.41, 5.74) is 8.80. The number of hydrogen-bond acceptors (Lipinski definition) is 8. The summed E-state index contributed by atoms with van der Waals surface area (Å²) in [4.78, 5) is 56.8. The first-order valence-corrected chi connectivity index (χ1v) is 15.2. The van der Waals surface area contributed by atoms with E-state index in [9.17, 15) is 24.3 Å². The Hall–Kier alpha value is -5.76. The molecule has 3 aromatic carbocycles. The number of carbonyl (C=O) groups excluding carboxylic acids is 4. The van der Waals surface area contributed by atoms with Crippen molar-refractivity contribution in [3.05, 3.63) is 102 Å². The highest BCUT2D eigenvalue weighted by atomic mass is 16.3. The van der Waals surface area contributed by atoms with Crippen LogP contribution in [0.1, 0.15) is 16.7 Å². The number of primary amides is 1. The van der Waals surface area contributed by atoms with Crippen molar-refractivity contribution in [3.63, 3.8) is 0 Å². The number of phenols is 1. The van der Waals surface area contributed by atoms with Crippen LogP contribution in [0.15, 0.2) is 85.5 Å². The Balaban J connectivity index is 1.37. The molecule has 0 aliphatic carbocycles.